The monoisotopic (exact) mass is 198 g/mol. The molecule has 0 spiro atoms. The molecule has 68 valence electrons. The molecule has 6 nitrogen and oxygen atoms in total. The first-order chi connectivity index (χ1) is 6.14. The van der Waals surface area contributed by atoms with E-state index in [0.717, 1.165) is 0 Å². The highest BCUT2D eigenvalue weighted by Crippen LogP contribution is 1.98. The number of hydrogen-bond acceptors (Lipinski definition) is 5. The predicted molar refractivity (Wildman–Crippen MR) is 45.1 cm³/mol. The topological polar surface area (TPSA) is 95.7 Å². The first kappa shape index (κ1) is 9.41. The third-order valence-electron chi connectivity index (χ3n) is 1.07. The highest BCUT2D eigenvalue weighted by atomic mass is 32.2. The van der Waals surface area contributed by atoms with E-state index >= 15 is 0 Å². The van der Waals surface area contributed by atoms with Gasteiger partial charge in [-0.15, -0.1) is 0 Å². The molecular weight excluding hydrogens is 192 g/mol. The van der Waals surface area contributed by atoms with E-state index in [1.807, 2.05) is 4.72 Å². The Morgan fingerprint density at radius 1 is 1.46 bits per heavy atom. The van der Waals surface area contributed by atoms with Gasteiger partial charge in [0.05, 0.1) is 6.07 Å². The van der Waals surface area contributed by atoms with Crippen molar-refractivity contribution >= 4 is 16.0 Å². The maximum absolute atomic E-state index is 11.0. The number of rotatable bonds is 3. The minimum Gasteiger partial charge on any atom is -0.250 e. The van der Waals surface area contributed by atoms with Gasteiger partial charge in [-0.2, -0.15) is 5.26 Å². The van der Waals surface area contributed by atoms with Crippen molar-refractivity contribution in [2.75, 3.05) is 10.5 Å². The zero-order chi connectivity index (χ0) is 9.73. The molecule has 0 fully saturated rings. The Bertz CT molecular complexity index is 408. The van der Waals surface area contributed by atoms with Gasteiger partial charge in [-0.3, -0.25) is 4.72 Å². The van der Waals surface area contributed by atoms with Gasteiger partial charge in [-0.05, 0) is 6.07 Å². The van der Waals surface area contributed by atoms with Crippen LogP contribution in [0.3, 0.4) is 0 Å². The summed E-state index contributed by atoms with van der Waals surface area (Å²) in [5, 5.41) is 8.17. The highest BCUT2D eigenvalue weighted by Gasteiger charge is 2.09. The van der Waals surface area contributed by atoms with Crippen LogP contribution >= 0.6 is 0 Å². The zero-order valence-electron chi connectivity index (χ0n) is 6.51. The van der Waals surface area contributed by atoms with Crippen LogP contribution in [0.4, 0.5) is 5.95 Å². The SMILES string of the molecule is N#CCS(=O)(=O)Nc1ncccn1. The summed E-state index contributed by atoms with van der Waals surface area (Å²) in [5.74, 6) is -0.636. The van der Waals surface area contributed by atoms with Crippen LogP contribution in [0.1, 0.15) is 0 Å². The first-order valence-corrected chi connectivity index (χ1v) is 4.94. The second-order valence-corrected chi connectivity index (χ2v) is 3.81. The smallest absolute Gasteiger partial charge is 0.248 e. The van der Waals surface area contributed by atoms with Gasteiger partial charge < -0.3 is 0 Å². The Hall–Kier alpha value is -1.68. The lowest BCUT2D eigenvalue weighted by Gasteiger charge is -2.00. The summed E-state index contributed by atoms with van der Waals surface area (Å²) < 4.78 is 24.0. The van der Waals surface area contributed by atoms with Gasteiger partial charge >= 0.3 is 0 Å². The second-order valence-electron chi connectivity index (χ2n) is 2.09. The Balaban J connectivity index is 2.77. The summed E-state index contributed by atoms with van der Waals surface area (Å²) in [6, 6.07) is 3.08. The maximum atomic E-state index is 11.0. The molecule has 0 amide bonds. The van der Waals surface area contributed by atoms with Gasteiger partial charge in [0.25, 0.3) is 0 Å². The molecule has 0 bridgehead atoms. The predicted octanol–water partition coefficient (Wildman–Crippen LogP) is -0.258. The minimum atomic E-state index is -3.62. The Morgan fingerprint density at radius 2 is 2.08 bits per heavy atom. The molecule has 1 aromatic heterocycles. The lowest BCUT2D eigenvalue weighted by atomic mass is 10.7. The van der Waals surface area contributed by atoms with Gasteiger partial charge in [0.1, 0.15) is 0 Å². The van der Waals surface area contributed by atoms with Crippen LogP contribution in [-0.4, -0.2) is 24.1 Å². The average molecular weight is 198 g/mol. The summed E-state index contributed by atoms with van der Waals surface area (Å²) >= 11 is 0. The van der Waals surface area contributed by atoms with E-state index in [4.69, 9.17) is 5.26 Å². The van der Waals surface area contributed by atoms with Crippen LogP contribution in [0.2, 0.25) is 0 Å². The van der Waals surface area contributed by atoms with Crippen LogP contribution < -0.4 is 4.72 Å². The van der Waals surface area contributed by atoms with E-state index in [0.29, 0.717) is 0 Å². The highest BCUT2D eigenvalue weighted by molar-refractivity contribution is 7.92. The summed E-state index contributed by atoms with van der Waals surface area (Å²) in [6.45, 7) is 0. The van der Waals surface area contributed by atoms with Crippen LogP contribution in [0.25, 0.3) is 0 Å². The molecule has 0 atom stereocenters. The number of nitriles is 1. The molecule has 0 unspecified atom stereocenters. The Morgan fingerprint density at radius 3 is 2.62 bits per heavy atom. The third-order valence-corrected chi connectivity index (χ3v) is 2.07. The summed E-state index contributed by atoms with van der Waals surface area (Å²) in [7, 11) is -3.62. The lowest BCUT2D eigenvalue weighted by Crippen LogP contribution is -2.17. The van der Waals surface area contributed by atoms with Crippen molar-refractivity contribution in [1.29, 1.82) is 5.26 Å². The molecule has 1 N–H and O–H groups in total. The molecule has 0 aliphatic rings. The largest absolute Gasteiger partial charge is 0.250 e. The normalized spacial score (nSPS) is 10.4. The van der Waals surface area contributed by atoms with Crippen LogP contribution in [0.5, 0.6) is 0 Å². The molecule has 0 aromatic carbocycles. The molecule has 0 aliphatic carbocycles. The van der Waals surface area contributed by atoms with Crippen molar-refractivity contribution in [3.05, 3.63) is 18.5 Å². The third kappa shape index (κ3) is 3.04. The van der Waals surface area contributed by atoms with Crippen molar-refractivity contribution in [2.24, 2.45) is 0 Å². The summed E-state index contributed by atoms with van der Waals surface area (Å²) in [5.41, 5.74) is 0. The lowest BCUT2D eigenvalue weighted by molar-refractivity contribution is 0.604. The van der Waals surface area contributed by atoms with Crippen LogP contribution in [-0.2, 0) is 10.0 Å². The van der Waals surface area contributed by atoms with E-state index in [1.54, 1.807) is 6.07 Å². The van der Waals surface area contributed by atoms with Crippen LogP contribution in [0.15, 0.2) is 18.5 Å². The fourth-order valence-electron chi connectivity index (χ4n) is 0.612. The van der Waals surface area contributed by atoms with Crippen molar-refractivity contribution in [1.82, 2.24) is 9.97 Å². The molecule has 1 rings (SSSR count). The fraction of sp³-hybridized carbons (Fsp3) is 0.167. The van der Waals surface area contributed by atoms with E-state index in [-0.39, 0.29) is 5.95 Å². The van der Waals surface area contributed by atoms with Crippen molar-refractivity contribution in [3.8, 4) is 6.07 Å². The van der Waals surface area contributed by atoms with Crippen molar-refractivity contribution in [3.63, 3.8) is 0 Å². The molecule has 0 aliphatic heterocycles. The molecule has 1 heterocycles. The molecule has 1 aromatic rings. The summed E-state index contributed by atoms with van der Waals surface area (Å²) in [4.78, 5) is 7.27. The van der Waals surface area contributed by atoms with Gasteiger partial charge in [0.15, 0.2) is 5.75 Å². The number of nitrogens with one attached hydrogen (secondary N) is 1. The van der Waals surface area contributed by atoms with Crippen LogP contribution in [0, 0.1) is 11.3 Å². The number of anilines is 1. The first-order valence-electron chi connectivity index (χ1n) is 3.28. The van der Waals surface area contributed by atoms with E-state index in [9.17, 15) is 8.42 Å². The fourth-order valence-corrected chi connectivity index (χ4v) is 1.24. The van der Waals surface area contributed by atoms with E-state index < -0.39 is 15.8 Å². The molecule has 0 saturated heterocycles. The maximum Gasteiger partial charge on any atom is 0.248 e. The molecule has 7 heteroatoms. The second kappa shape index (κ2) is 3.82. The molecular formula is C6H6N4O2S. The average Bonchev–Trinajstić information content (AvgIpc) is 2.04. The quantitative estimate of drug-likeness (QED) is 0.721. The molecule has 13 heavy (non-hydrogen) atoms. The zero-order valence-corrected chi connectivity index (χ0v) is 7.32. The minimum absolute atomic E-state index is 0.0299. The van der Waals surface area contributed by atoms with Crippen molar-refractivity contribution < 1.29 is 8.42 Å². The van der Waals surface area contributed by atoms with Gasteiger partial charge in [-0.25, -0.2) is 18.4 Å². The van der Waals surface area contributed by atoms with Crippen molar-refractivity contribution in [2.45, 2.75) is 0 Å². The molecule has 0 saturated carbocycles. The summed E-state index contributed by atoms with van der Waals surface area (Å²) in [6.07, 6.45) is 2.80. The van der Waals surface area contributed by atoms with E-state index in [2.05, 4.69) is 9.97 Å². The molecule has 0 radical (unpaired) electrons. The van der Waals surface area contributed by atoms with Gasteiger partial charge in [-0.1, -0.05) is 0 Å². The van der Waals surface area contributed by atoms with Gasteiger partial charge in [0, 0.05) is 12.4 Å². The number of nitrogens with zero attached hydrogens (tertiary/aromatic N) is 3. The number of hydrogen-bond donors (Lipinski definition) is 1. The standard InChI is InChI=1S/C6H6N4O2S/c7-2-5-13(11,12)10-6-8-3-1-4-9-6/h1,3-4H,5H2,(H,8,9,10). The van der Waals surface area contributed by atoms with E-state index in [1.165, 1.54) is 18.5 Å². The van der Waals surface area contributed by atoms with Gasteiger partial charge in [0.2, 0.25) is 16.0 Å². The Kier molecular flexibility index (Phi) is 2.76. The Labute approximate surface area is 75.3 Å². The number of sulfonamides is 1. The number of aromatic nitrogens is 2.